The van der Waals surface area contributed by atoms with E-state index in [2.05, 4.69) is 20.5 Å². The van der Waals surface area contributed by atoms with Crippen molar-refractivity contribution >= 4 is 5.91 Å². The Kier molecular flexibility index (Phi) is 5.05. The van der Waals surface area contributed by atoms with Crippen molar-refractivity contribution in [2.24, 2.45) is 0 Å². The summed E-state index contributed by atoms with van der Waals surface area (Å²) in [6.07, 6.45) is 1.32. The number of rotatable bonds is 5. The first-order chi connectivity index (χ1) is 11.2. The Bertz CT molecular complexity index is 645. The third-order valence-electron chi connectivity index (χ3n) is 4.02. The number of nitrogens with zero attached hydrogens (tertiary/aromatic N) is 2. The molecule has 2 N–H and O–H groups in total. The molecule has 6 nitrogen and oxygen atoms in total. The van der Waals surface area contributed by atoms with Gasteiger partial charge in [-0.15, -0.1) is 0 Å². The first-order valence-electron chi connectivity index (χ1n) is 7.96. The van der Waals surface area contributed by atoms with Gasteiger partial charge in [0.2, 0.25) is 0 Å². The van der Waals surface area contributed by atoms with E-state index >= 15 is 0 Å². The summed E-state index contributed by atoms with van der Waals surface area (Å²) in [7, 11) is 0. The Labute approximate surface area is 135 Å². The van der Waals surface area contributed by atoms with Gasteiger partial charge in [-0.1, -0.05) is 29.8 Å². The van der Waals surface area contributed by atoms with E-state index in [-0.39, 0.29) is 5.91 Å². The molecule has 2 aromatic rings. The molecule has 1 aromatic carbocycles. The lowest BCUT2D eigenvalue weighted by atomic mass is 10.1. The second kappa shape index (κ2) is 7.39. The second-order valence-corrected chi connectivity index (χ2v) is 5.74. The highest BCUT2D eigenvalue weighted by Crippen LogP contribution is 2.23. The molecule has 2 heterocycles. The minimum Gasteiger partial charge on any atom is -0.443 e. The lowest BCUT2D eigenvalue weighted by Gasteiger charge is -2.26. The molecular formula is C17H22N4O2. The van der Waals surface area contributed by atoms with Crippen LogP contribution in [-0.2, 0) is 0 Å². The average Bonchev–Trinajstić information content (AvgIpc) is 3.06. The first kappa shape index (κ1) is 15.7. The van der Waals surface area contributed by atoms with E-state index in [9.17, 15) is 4.79 Å². The zero-order valence-corrected chi connectivity index (χ0v) is 13.3. The van der Waals surface area contributed by atoms with Gasteiger partial charge in [0.05, 0.1) is 0 Å². The number of aromatic nitrogens is 1. The molecule has 0 unspecified atom stereocenters. The molecule has 122 valence electrons. The minimum absolute atomic E-state index is 0.190. The van der Waals surface area contributed by atoms with E-state index in [1.54, 1.807) is 0 Å². The Morgan fingerprint density at radius 2 is 2.04 bits per heavy atom. The molecule has 1 aliphatic rings. The van der Waals surface area contributed by atoms with Crippen LogP contribution in [0.4, 0.5) is 0 Å². The fraction of sp³-hybridized carbons (Fsp3) is 0.412. The maximum Gasteiger partial charge on any atom is 0.273 e. The van der Waals surface area contributed by atoms with Gasteiger partial charge < -0.3 is 15.1 Å². The predicted octanol–water partition coefficient (Wildman–Crippen LogP) is 1.29. The van der Waals surface area contributed by atoms with Crippen molar-refractivity contribution < 1.29 is 9.21 Å². The molecule has 0 radical (unpaired) electrons. The van der Waals surface area contributed by atoms with Gasteiger partial charge in [0.15, 0.2) is 17.8 Å². The first-order valence-corrected chi connectivity index (χ1v) is 7.96. The van der Waals surface area contributed by atoms with Gasteiger partial charge in [-0.05, 0) is 6.92 Å². The van der Waals surface area contributed by atoms with E-state index in [0.29, 0.717) is 18.0 Å². The molecule has 0 spiro atoms. The predicted molar refractivity (Wildman–Crippen MR) is 88.3 cm³/mol. The van der Waals surface area contributed by atoms with E-state index in [4.69, 9.17) is 4.42 Å². The molecule has 0 atom stereocenters. The van der Waals surface area contributed by atoms with Crippen molar-refractivity contribution in [3.63, 3.8) is 0 Å². The molecule has 1 aromatic heterocycles. The summed E-state index contributed by atoms with van der Waals surface area (Å²) in [6, 6.07) is 7.86. The maximum absolute atomic E-state index is 12.3. The summed E-state index contributed by atoms with van der Waals surface area (Å²) >= 11 is 0. The zero-order chi connectivity index (χ0) is 16.1. The Morgan fingerprint density at radius 1 is 1.30 bits per heavy atom. The largest absolute Gasteiger partial charge is 0.443 e. The molecule has 0 saturated carbocycles. The topological polar surface area (TPSA) is 70.4 Å². The monoisotopic (exact) mass is 314 g/mol. The molecule has 23 heavy (non-hydrogen) atoms. The van der Waals surface area contributed by atoms with Gasteiger partial charge in [0, 0.05) is 44.8 Å². The van der Waals surface area contributed by atoms with Crippen molar-refractivity contribution in [1.82, 2.24) is 20.5 Å². The molecule has 0 bridgehead atoms. The van der Waals surface area contributed by atoms with Crippen molar-refractivity contribution in [2.45, 2.75) is 6.92 Å². The summed E-state index contributed by atoms with van der Waals surface area (Å²) in [5, 5.41) is 6.24. The van der Waals surface area contributed by atoms with Gasteiger partial charge in [-0.2, -0.15) is 0 Å². The van der Waals surface area contributed by atoms with Gasteiger partial charge in [0.25, 0.3) is 5.91 Å². The number of piperazine rings is 1. The maximum atomic E-state index is 12.3. The number of hydrogen-bond donors (Lipinski definition) is 2. The number of hydrogen-bond acceptors (Lipinski definition) is 5. The number of nitrogens with one attached hydrogen (secondary N) is 2. The lowest BCUT2D eigenvalue weighted by molar-refractivity contribution is 0.0943. The molecule has 6 heteroatoms. The average molecular weight is 314 g/mol. The highest BCUT2D eigenvalue weighted by molar-refractivity contribution is 5.97. The van der Waals surface area contributed by atoms with E-state index in [1.807, 2.05) is 31.2 Å². The van der Waals surface area contributed by atoms with Crippen molar-refractivity contribution in [2.75, 3.05) is 39.3 Å². The molecule has 0 aliphatic carbocycles. The number of oxazole rings is 1. The van der Waals surface area contributed by atoms with Crippen LogP contribution in [0.25, 0.3) is 11.3 Å². The van der Waals surface area contributed by atoms with Gasteiger partial charge in [-0.25, -0.2) is 4.98 Å². The van der Waals surface area contributed by atoms with Gasteiger partial charge in [-0.3, -0.25) is 9.69 Å². The summed E-state index contributed by atoms with van der Waals surface area (Å²) in [5.74, 6) is 0.328. The number of carbonyl (C=O) groups excluding carboxylic acids is 1. The third kappa shape index (κ3) is 3.97. The zero-order valence-electron chi connectivity index (χ0n) is 13.3. The number of amides is 1. The summed E-state index contributed by atoms with van der Waals surface area (Å²) in [6.45, 7) is 7.55. The Morgan fingerprint density at radius 3 is 2.78 bits per heavy atom. The molecule has 1 fully saturated rings. The molecule has 3 rings (SSSR count). The summed E-state index contributed by atoms with van der Waals surface area (Å²) in [4.78, 5) is 18.8. The highest BCUT2D eigenvalue weighted by Gasteiger charge is 2.18. The lowest BCUT2D eigenvalue weighted by Crippen LogP contribution is -2.46. The molecular weight excluding hydrogens is 292 g/mol. The van der Waals surface area contributed by atoms with Crippen LogP contribution >= 0.6 is 0 Å². The molecule has 1 saturated heterocycles. The van der Waals surface area contributed by atoms with E-state index in [0.717, 1.165) is 43.9 Å². The Balaban J connectivity index is 1.59. The van der Waals surface area contributed by atoms with Crippen molar-refractivity contribution in [3.8, 4) is 11.3 Å². The van der Waals surface area contributed by atoms with Crippen molar-refractivity contribution in [1.29, 1.82) is 0 Å². The van der Waals surface area contributed by atoms with E-state index < -0.39 is 0 Å². The summed E-state index contributed by atoms with van der Waals surface area (Å²) < 4.78 is 5.42. The Hall–Kier alpha value is -2.18. The minimum atomic E-state index is -0.190. The summed E-state index contributed by atoms with van der Waals surface area (Å²) in [5.41, 5.74) is 2.37. The fourth-order valence-corrected chi connectivity index (χ4v) is 2.66. The van der Waals surface area contributed by atoms with Crippen LogP contribution in [0, 0.1) is 6.92 Å². The number of benzene rings is 1. The van der Waals surface area contributed by atoms with Crippen LogP contribution in [0.1, 0.15) is 16.1 Å². The SMILES string of the molecule is Cc1ccc(-c2ocnc2C(=O)NCCN2CCNCC2)cc1. The van der Waals surface area contributed by atoms with Crippen LogP contribution in [0.15, 0.2) is 35.1 Å². The smallest absolute Gasteiger partial charge is 0.273 e. The van der Waals surface area contributed by atoms with Gasteiger partial charge >= 0.3 is 0 Å². The van der Waals surface area contributed by atoms with Crippen molar-refractivity contribution in [3.05, 3.63) is 41.9 Å². The van der Waals surface area contributed by atoms with Crippen LogP contribution in [-0.4, -0.2) is 55.1 Å². The van der Waals surface area contributed by atoms with Gasteiger partial charge in [0.1, 0.15) is 0 Å². The van der Waals surface area contributed by atoms with Crippen LogP contribution in [0.3, 0.4) is 0 Å². The van der Waals surface area contributed by atoms with Crippen LogP contribution in [0.5, 0.6) is 0 Å². The number of carbonyl (C=O) groups is 1. The normalized spacial score (nSPS) is 15.5. The van der Waals surface area contributed by atoms with Crippen LogP contribution in [0.2, 0.25) is 0 Å². The third-order valence-corrected chi connectivity index (χ3v) is 4.02. The highest BCUT2D eigenvalue weighted by atomic mass is 16.3. The van der Waals surface area contributed by atoms with Crippen LogP contribution < -0.4 is 10.6 Å². The fourth-order valence-electron chi connectivity index (χ4n) is 2.66. The molecule has 1 amide bonds. The number of aryl methyl sites for hydroxylation is 1. The van der Waals surface area contributed by atoms with E-state index in [1.165, 1.54) is 6.39 Å². The standard InChI is InChI=1S/C17H22N4O2/c1-13-2-4-14(5-3-13)16-15(20-12-23-16)17(22)19-8-11-21-9-6-18-7-10-21/h2-5,12,18H,6-11H2,1H3,(H,19,22). The second-order valence-electron chi connectivity index (χ2n) is 5.74. The molecule has 1 aliphatic heterocycles. The quantitative estimate of drug-likeness (QED) is 0.870.